The Morgan fingerprint density at radius 1 is 1.06 bits per heavy atom. The summed E-state index contributed by atoms with van der Waals surface area (Å²) in [6, 6.07) is 5.86. The molecule has 2 aromatic heterocycles. The first-order valence-electron chi connectivity index (χ1n) is 16.6. The number of carbonyl (C=O) groups excluding carboxylic acids is 1. The molecule has 2 fully saturated rings. The molecule has 48 heavy (non-hydrogen) atoms. The highest BCUT2D eigenvalue weighted by atomic mass is 32.2. The minimum absolute atomic E-state index is 0.119. The van der Waals surface area contributed by atoms with Crippen LogP contribution in [0.25, 0.3) is 11.0 Å². The second-order valence-electron chi connectivity index (χ2n) is 12.6. The van der Waals surface area contributed by atoms with E-state index in [1.54, 1.807) is 10.6 Å². The van der Waals surface area contributed by atoms with Gasteiger partial charge in [0.1, 0.15) is 35.6 Å². The van der Waals surface area contributed by atoms with Crippen molar-refractivity contribution in [3.05, 3.63) is 57.9 Å². The average molecular weight is 692 g/mol. The molecular weight excluding hydrogens is 647 g/mol. The molecule has 2 aliphatic rings. The molecule has 0 saturated carbocycles. The standard InChI is InChI=1S/C33H44F3N7O4S/c1-48(46,47)42-19-17-41(18-20-42)28-22-26-30(39-23-40-31(26)43(32(28)45)16-5-3-2-4-6-21-44)38-15-10-24-8-7-9-27(29(24)34)33(35,36)25-11-13-37-14-12-25/h7-9,21-23,25,37H,2-6,10-20H2,1H3,(H,38,39,40). The molecule has 0 aliphatic carbocycles. The fraction of sp³-hybridized carbons (Fsp3) is 0.576. The largest absolute Gasteiger partial charge is 0.369 e. The van der Waals surface area contributed by atoms with E-state index in [0.29, 0.717) is 68.1 Å². The average Bonchev–Trinajstić information content (AvgIpc) is 3.07. The molecule has 3 aromatic rings. The van der Waals surface area contributed by atoms with Gasteiger partial charge in [0.25, 0.3) is 11.5 Å². The van der Waals surface area contributed by atoms with Gasteiger partial charge < -0.3 is 20.3 Å². The third kappa shape index (κ3) is 8.17. The van der Waals surface area contributed by atoms with Crippen LogP contribution in [0.15, 0.2) is 35.4 Å². The van der Waals surface area contributed by atoms with Gasteiger partial charge in [-0.05, 0) is 56.8 Å². The molecule has 0 bridgehead atoms. The Kier molecular flexibility index (Phi) is 11.7. The van der Waals surface area contributed by atoms with Crippen LogP contribution in [0, 0.1) is 11.7 Å². The lowest BCUT2D eigenvalue weighted by atomic mass is 9.86. The molecule has 15 heteroatoms. The number of nitrogens with zero attached hydrogens (tertiary/aromatic N) is 5. The number of pyridine rings is 1. The van der Waals surface area contributed by atoms with E-state index in [1.807, 2.05) is 4.90 Å². The van der Waals surface area contributed by atoms with Crippen molar-refractivity contribution in [2.75, 3.05) is 62.3 Å². The van der Waals surface area contributed by atoms with Crippen molar-refractivity contribution in [3.8, 4) is 0 Å². The Morgan fingerprint density at radius 2 is 1.79 bits per heavy atom. The third-order valence-electron chi connectivity index (χ3n) is 9.34. The van der Waals surface area contributed by atoms with Gasteiger partial charge in [-0.3, -0.25) is 9.36 Å². The Bertz CT molecular complexity index is 1740. The molecule has 2 saturated heterocycles. The number of hydrogen-bond donors (Lipinski definition) is 2. The van der Waals surface area contributed by atoms with Crippen molar-refractivity contribution in [2.24, 2.45) is 5.92 Å². The fourth-order valence-corrected chi connectivity index (χ4v) is 7.43. The summed E-state index contributed by atoms with van der Waals surface area (Å²) in [6.07, 6.45) is 7.70. The van der Waals surface area contributed by atoms with Gasteiger partial charge in [-0.25, -0.2) is 31.6 Å². The predicted molar refractivity (Wildman–Crippen MR) is 180 cm³/mol. The van der Waals surface area contributed by atoms with Crippen LogP contribution in [0.4, 0.5) is 24.7 Å². The van der Waals surface area contributed by atoms with Crippen LogP contribution in [-0.2, 0) is 33.7 Å². The Hall–Kier alpha value is -3.56. The number of fused-ring (bicyclic) bond motifs is 1. The zero-order valence-electron chi connectivity index (χ0n) is 27.3. The minimum atomic E-state index is -3.37. The molecule has 5 rings (SSSR count). The first kappa shape index (κ1) is 35.7. The van der Waals surface area contributed by atoms with Crippen LogP contribution in [-0.4, -0.2) is 85.6 Å². The Balaban J connectivity index is 1.38. The second-order valence-corrected chi connectivity index (χ2v) is 14.5. The molecule has 0 atom stereocenters. The molecule has 0 radical (unpaired) electrons. The number of alkyl halides is 2. The number of benzene rings is 1. The topological polar surface area (TPSA) is 130 Å². The highest BCUT2D eigenvalue weighted by Crippen LogP contribution is 2.42. The number of piperidine rings is 1. The molecule has 0 amide bonds. The normalized spacial score (nSPS) is 16.8. The van der Waals surface area contributed by atoms with E-state index in [9.17, 15) is 18.0 Å². The van der Waals surface area contributed by atoms with Crippen LogP contribution in [0.1, 0.15) is 56.1 Å². The maximum atomic E-state index is 15.5. The summed E-state index contributed by atoms with van der Waals surface area (Å²) >= 11 is 0. The first-order chi connectivity index (χ1) is 23.0. The molecule has 1 aromatic carbocycles. The van der Waals surface area contributed by atoms with Gasteiger partial charge in [-0.2, -0.15) is 4.31 Å². The van der Waals surface area contributed by atoms with Crippen molar-refractivity contribution in [1.82, 2.24) is 24.2 Å². The molecule has 4 heterocycles. The van der Waals surface area contributed by atoms with E-state index in [4.69, 9.17) is 0 Å². The van der Waals surface area contributed by atoms with E-state index < -0.39 is 33.2 Å². The van der Waals surface area contributed by atoms with E-state index in [-0.39, 0.29) is 50.0 Å². The van der Waals surface area contributed by atoms with E-state index in [2.05, 4.69) is 20.6 Å². The number of nitrogens with one attached hydrogen (secondary N) is 2. The summed E-state index contributed by atoms with van der Waals surface area (Å²) < 4.78 is 73.4. The van der Waals surface area contributed by atoms with Crippen molar-refractivity contribution in [3.63, 3.8) is 0 Å². The predicted octanol–water partition coefficient (Wildman–Crippen LogP) is 3.91. The van der Waals surface area contributed by atoms with Crippen molar-refractivity contribution >= 4 is 38.8 Å². The lowest BCUT2D eigenvalue weighted by Gasteiger charge is -2.34. The van der Waals surface area contributed by atoms with E-state index in [1.165, 1.54) is 28.8 Å². The van der Waals surface area contributed by atoms with Gasteiger partial charge in [-0.1, -0.05) is 31.0 Å². The highest BCUT2D eigenvalue weighted by molar-refractivity contribution is 7.88. The van der Waals surface area contributed by atoms with E-state index in [0.717, 1.165) is 31.8 Å². The lowest BCUT2D eigenvalue weighted by Crippen LogP contribution is -2.50. The summed E-state index contributed by atoms with van der Waals surface area (Å²) in [5.74, 6) is -4.69. The zero-order valence-corrected chi connectivity index (χ0v) is 28.1. The summed E-state index contributed by atoms with van der Waals surface area (Å²) in [5.41, 5.74) is 0.159. The fourth-order valence-electron chi connectivity index (χ4n) is 6.60. The monoisotopic (exact) mass is 691 g/mol. The van der Waals surface area contributed by atoms with Crippen LogP contribution in [0.2, 0.25) is 0 Å². The van der Waals surface area contributed by atoms with Crippen molar-refractivity contribution in [2.45, 2.75) is 63.8 Å². The number of piperazine rings is 1. The Labute approximate surface area is 279 Å². The summed E-state index contributed by atoms with van der Waals surface area (Å²) in [4.78, 5) is 35.2. The highest BCUT2D eigenvalue weighted by Gasteiger charge is 2.43. The number of aromatic nitrogens is 3. The summed E-state index contributed by atoms with van der Waals surface area (Å²) in [5, 5.41) is 6.85. The van der Waals surface area contributed by atoms with Gasteiger partial charge in [-0.15, -0.1) is 0 Å². The van der Waals surface area contributed by atoms with Crippen LogP contribution in [0.5, 0.6) is 0 Å². The number of hydrogen-bond acceptors (Lipinski definition) is 9. The molecule has 2 aliphatic heterocycles. The molecule has 2 N–H and O–H groups in total. The van der Waals surface area contributed by atoms with Crippen molar-refractivity contribution in [1.29, 1.82) is 0 Å². The second kappa shape index (κ2) is 15.8. The molecule has 11 nitrogen and oxygen atoms in total. The number of unbranched alkanes of at least 4 members (excludes halogenated alkanes) is 4. The zero-order chi connectivity index (χ0) is 34.3. The SMILES string of the molecule is CS(=O)(=O)N1CCN(c2cc3c(NCCc4cccc(C(F)(F)C5CCNCC5)c4F)ncnc3n(CCCCCCC=O)c2=O)CC1. The summed E-state index contributed by atoms with van der Waals surface area (Å²) in [7, 11) is -3.37. The van der Waals surface area contributed by atoms with Gasteiger partial charge >= 0.3 is 0 Å². The third-order valence-corrected chi connectivity index (χ3v) is 10.6. The van der Waals surface area contributed by atoms with Gasteiger partial charge in [0.15, 0.2) is 0 Å². The van der Waals surface area contributed by atoms with Gasteiger partial charge in [0, 0.05) is 51.6 Å². The number of aryl methyl sites for hydroxylation is 1. The number of halogens is 3. The lowest BCUT2D eigenvalue weighted by molar-refractivity contribution is -0.107. The van der Waals surface area contributed by atoms with Crippen LogP contribution >= 0.6 is 0 Å². The van der Waals surface area contributed by atoms with Crippen molar-refractivity contribution < 1.29 is 26.4 Å². The molecule has 0 unspecified atom stereocenters. The molecule has 262 valence electrons. The first-order valence-corrected chi connectivity index (χ1v) is 18.5. The number of anilines is 2. The summed E-state index contributed by atoms with van der Waals surface area (Å²) in [6.45, 7) is 2.66. The maximum Gasteiger partial charge on any atom is 0.278 e. The molecule has 0 spiro atoms. The van der Waals surface area contributed by atoms with E-state index >= 15 is 13.2 Å². The number of carbonyl (C=O) groups is 1. The van der Waals surface area contributed by atoms with Crippen LogP contribution < -0.4 is 21.1 Å². The smallest absolute Gasteiger partial charge is 0.278 e. The van der Waals surface area contributed by atoms with Crippen LogP contribution in [0.3, 0.4) is 0 Å². The van der Waals surface area contributed by atoms with Gasteiger partial charge in [0.2, 0.25) is 10.0 Å². The quantitative estimate of drug-likeness (QED) is 0.180. The maximum absolute atomic E-state index is 15.5. The minimum Gasteiger partial charge on any atom is -0.369 e. The number of rotatable bonds is 15. The molecular formula is C33H44F3N7O4S. The van der Waals surface area contributed by atoms with Gasteiger partial charge in [0.05, 0.1) is 17.2 Å². The number of sulfonamides is 1. The Morgan fingerprint density at radius 3 is 2.50 bits per heavy atom. The number of aldehydes is 1.